The van der Waals surface area contributed by atoms with Crippen molar-refractivity contribution in [3.05, 3.63) is 101 Å². The van der Waals surface area contributed by atoms with Crippen LogP contribution in [0.15, 0.2) is 78.9 Å². The first-order chi connectivity index (χ1) is 14.2. The highest BCUT2D eigenvalue weighted by molar-refractivity contribution is 5.46. The molecule has 1 fully saturated rings. The van der Waals surface area contributed by atoms with E-state index in [2.05, 4.69) is 103 Å². The summed E-state index contributed by atoms with van der Waals surface area (Å²) in [6, 6.07) is 28.9. The molecule has 3 atom stereocenters. The molecule has 29 heavy (non-hydrogen) atoms. The van der Waals surface area contributed by atoms with E-state index in [4.69, 9.17) is 4.74 Å². The minimum absolute atomic E-state index is 0.0289. The van der Waals surface area contributed by atoms with E-state index in [0.29, 0.717) is 12.0 Å². The average molecular weight is 385 g/mol. The fourth-order valence-corrected chi connectivity index (χ4v) is 4.91. The van der Waals surface area contributed by atoms with Crippen molar-refractivity contribution in [3.63, 3.8) is 0 Å². The van der Waals surface area contributed by atoms with E-state index in [1.54, 1.807) is 0 Å². The van der Waals surface area contributed by atoms with Crippen LogP contribution in [0, 0.1) is 5.92 Å². The van der Waals surface area contributed by atoms with Crippen molar-refractivity contribution < 1.29 is 4.74 Å². The summed E-state index contributed by atoms with van der Waals surface area (Å²) in [6.07, 6.45) is 1.08. The number of hydrogen-bond donors (Lipinski definition) is 0. The number of anilines is 1. The Bertz CT molecular complexity index is 968. The van der Waals surface area contributed by atoms with Gasteiger partial charge in [-0.1, -0.05) is 66.7 Å². The van der Waals surface area contributed by atoms with E-state index in [9.17, 15) is 0 Å². The van der Waals surface area contributed by atoms with Gasteiger partial charge in [0.2, 0.25) is 0 Å². The van der Waals surface area contributed by atoms with Gasteiger partial charge in [-0.2, -0.15) is 0 Å². The average Bonchev–Trinajstić information content (AvgIpc) is 3.14. The molecule has 1 saturated heterocycles. The van der Waals surface area contributed by atoms with Crippen LogP contribution in [-0.4, -0.2) is 25.6 Å². The molecule has 2 aliphatic rings. The molecule has 0 amide bonds. The first-order valence-corrected chi connectivity index (χ1v) is 10.5. The summed E-state index contributed by atoms with van der Waals surface area (Å²) in [5.41, 5.74) is 6.73. The Labute approximate surface area is 173 Å². The summed E-state index contributed by atoms with van der Waals surface area (Å²) in [5, 5.41) is 0. The van der Waals surface area contributed by atoms with Crippen LogP contribution in [0.25, 0.3) is 0 Å². The van der Waals surface area contributed by atoms with Gasteiger partial charge in [-0.25, -0.2) is 0 Å². The van der Waals surface area contributed by atoms with E-state index in [1.165, 1.54) is 27.9 Å². The molecular formula is C26H28N2O. The highest BCUT2D eigenvalue weighted by Crippen LogP contribution is 2.48. The van der Waals surface area contributed by atoms with E-state index >= 15 is 0 Å². The van der Waals surface area contributed by atoms with E-state index in [0.717, 1.165) is 19.6 Å². The van der Waals surface area contributed by atoms with Gasteiger partial charge >= 0.3 is 0 Å². The Kier molecular flexibility index (Phi) is 4.86. The van der Waals surface area contributed by atoms with Crippen LogP contribution in [-0.2, 0) is 17.7 Å². The van der Waals surface area contributed by atoms with Crippen LogP contribution in [0.4, 0.5) is 5.69 Å². The predicted molar refractivity (Wildman–Crippen MR) is 118 cm³/mol. The molecule has 3 nitrogen and oxygen atoms in total. The summed E-state index contributed by atoms with van der Waals surface area (Å²) in [6.45, 7) is 1.70. The van der Waals surface area contributed by atoms with Gasteiger partial charge < -0.3 is 9.64 Å². The topological polar surface area (TPSA) is 15.7 Å². The summed E-state index contributed by atoms with van der Waals surface area (Å²) in [5.74, 6) is 0.522. The molecule has 3 aromatic rings. The zero-order valence-electron chi connectivity index (χ0n) is 17.2. The summed E-state index contributed by atoms with van der Waals surface area (Å²) in [4.78, 5) is 4.70. The lowest BCUT2D eigenvalue weighted by Crippen LogP contribution is -2.42. The molecule has 0 saturated carbocycles. The molecule has 0 radical (unpaired) electrons. The number of benzene rings is 3. The molecular weight excluding hydrogens is 356 g/mol. The molecule has 148 valence electrons. The number of hydrogen-bond acceptors (Lipinski definition) is 3. The predicted octanol–water partition coefficient (Wildman–Crippen LogP) is 5.20. The van der Waals surface area contributed by atoms with Crippen molar-refractivity contribution in [3.8, 4) is 0 Å². The van der Waals surface area contributed by atoms with E-state index in [1.807, 2.05) is 0 Å². The SMILES string of the molecule is CN(C)c1ccc([C@H]2OC[C@H]3Cc4ccccc4[C@H]3N2Cc2ccccc2)cc1. The van der Waals surface area contributed by atoms with Crippen LogP contribution in [0.1, 0.15) is 34.5 Å². The zero-order valence-corrected chi connectivity index (χ0v) is 17.2. The maximum absolute atomic E-state index is 6.51. The van der Waals surface area contributed by atoms with Crippen molar-refractivity contribution in [2.24, 2.45) is 5.92 Å². The third-order valence-electron chi connectivity index (χ3n) is 6.33. The Morgan fingerprint density at radius 1 is 0.897 bits per heavy atom. The van der Waals surface area contributed by atoms with E-state index < -0.39 is 0 Å². The molecule has 1 aliphatic heterocycles. The van der Waals surface area contributed by atoms with Gasteiger partial charge in [0.05, 0.1) is 6.61 Å². The third-order valence-corrected chi connectivity index (χ3v) is 6.33. The van der Waals surface area contributed by atoms with Gasteiger partial charge in [-0.15, -0.1) is 0 Å². The van der Waals surface area contributed by atoms with Crippen LogP contribution in [0.5, 0.6) is 0 Å². The quantitative estimate of drug-likeness (QED) is 0.615. The molecule has 3 aromatic carbocycles. The Hall–Kier alpha value is -2.62. The lowest BCUT2D eigenvalue weighted by Gasteiger charge is -2.44. The highest BCUT2D eigenvalue weighted by atomic mass is 16.5. The lowest BCUT2D eigenvalue weighted by atomic mass is 9.95. The van der Waals surface area contributed by atoms with Crippen LogP contribution in [0.3, 0.4) is 0 Å². The molecule has 1 heterocycles. The molecule has 0 bridgehead atoms. The van der Waals surface area contributed by atoms with Gasteiger partial charge in [-0.3, -0.25) is 4.90 Å². The minimum Gasteiger partial charge on any atom is -0.378 e. The van der Waals surface area contributed by atoms with Crippen LogP contribution >= 0.6 is 0 Å². The summed E-state index contributed by atoms with van der Waals surface area (Å²) >= 11 is 0. The maximum Gasteiger partial charge on any atom is 0.137 e. The molecule has 5 rings (SSSR count). The Morgan fingerprint density at radius 3 is 2.38 bits per heavy atom. The largest absolute Gasteiger partial charge is 0.378 e. The first-order valence-electron chi connectivity index (χ1n) is 10.5. The molecule has 3 heteroatoms. The van der Waals surface area contributed by atoms with Gasteiger partial charge in [-0.05, 0) is 40.8 Å². The van der Waals surface area contributed by atoms with Crippen LogP contribution in [0.2, 0.25) is 0 Å². The molecule has 0 spiro atoms. The third kappa shape index (κ3) is 3.45. The molecule has 0 N–H and O–H groups in total. The van der Waals surface area contributed by atoms with Gasteiger partial charge in [0.1, 0.15) is 6.23 Å². The number of ether oxygens (including phenoxy) is 1. The van der Waals surface area contributed by atoms with Crippen molar-refractivity contribution in [1.82, 2.24) is 4.90 Å². The van der Waals surface area contributed by atoms with Crippen molar-refractivity contribution in [2.75, 3.05) is 25.6 Å². The number of fused-ring (bicyclic) bond motifs is 3. The second kappa shape index (κ2) is 7.66. The van der Waals surface area contributed by atoms with Gasteiger partial charge in [0.25, 0.3) is 0 Å². The second-order valence-electron chi connectivity index (χ2n) is 8.44. The van der Waals surface area contributed by atoms with Crippen molar-refractivity contribution in [2.45, 2.75) is 25.2 Å². The van der Waals surface area contributed by atoms with Crippen LogP contribution < -0.4 is 4.90 Å². The van der Waals surface area contributed by atoms with Gasteiger partial charge in [0.15, 0.2) is 0 Å². The van der Waals surface area contributed by atoms with E-state index in [-0.39, 0.29) is 6.23 Å². The number of rotatable bonds is 4. The maximum atomic E-state index is 6.51. The smallest absolute Gasteiger partial charge is 0.137 e. The number of nitrogens with zero attached hydrogens (tertiary/aromatic N) is 2. The highest BCUT2D eigenvalue weighted by Gasteiger charge is 2.43. The fraction of sp³-hybridized carbons (Fsp3) is 0.308. The Morgan fingerprint density at radius 2 is 1.62 bits per heavy atom. The van der Waals surface area contributed by atoms with Crippen molar-refractivity contribution in [1.29, 1.82) is 0 Å². The lowest BCUT2D eigenvalue weighted by molar-refractivity contribution is -0.156. The summed E-state index contributed by atoms with van der Waals surface area (Å²) in [7, 11) is 4.15. The summed E-state index contributed by atoms with van der Waals surface area (Å²) < 4.78 is 6.51. The minimum atomic E-state index is -0.0289. The fourth-order valence-electron chi connectivity index (χ4n) is 4.91. The molecule has 0 aromatic heterocycles. The standard InChI is InChI=1S/C26H28N2O/c1-27(2)23-14-12-20(13-15-23)26-28(17-19-8-4-3-5-9-19)25-22(18-29-26)16-21-10-6-7-11-24(21)25/h3-15,22,25-26H,16-18H2,1-2H3/t22-,25+,26-/m1/s1. The molecule has 0 unspecified atom stereocenters. The van der Waals surface area contributed by atoms with Gasteiger partial charge in [0, 0.05) is 38.3 Å². The molecule has 1 aliphatic carbocycles. The first kappa shape index (κ1) is 18.4. The normalized spacial score (nSPS) is 23.4. The van der Waals surface area contributed by atoms with Crippen molar-refractivity contribution >= 4 is 5.69 Å². The Balaban J connectivity index is 1.53. The second-order valence-corrected chi connectivity index (χ2v) is 8.44. The zero-order chi connectivity index (χ0) is 19.8. The monoisotopic (exact) mass is 384 g/mol.